The highest BCUT2D eigenvalue weighted by molar-refractivity contribution is 7.55. The second-order valence-corrected chi connectivity index (χ2v) is 5.52. The third-order valence-electron chi connectivity index (χ3n) is 2.30. The smallest absolute Gasteiger partial charge is 0.127 e. The summed E-state index contributed by atoms with van der Waals surface area (Å²) in [5, 5.41) is 2.61. The van der Waals surface area contributed by atoms with Crippen molar-refractivity contribution >= 4 is 19.2 Å². The summed E-state index contributed by atoms with van der Waals surface area (Å²) < 4.78 is 5.82. The van der Waals surface area contributed by atoms with E-state index in [0.717, 1.165) is 5.75 Å². The Balaban J connectivity index is 2.20. The first-order valence-corrected chi connectivity index (χ1v) is 6.83. The zero-order chi connectivity index (χ0) is 12.1. The van der Waals surface area contributed by atoms with E-state index in [1.807, 2.05) is 18.2 Å². The van der Waals surface area contributed by atoms with Crippen LogP contribution in [-0.2, 0) is 0 Å². The van der Waals surface area contributed by atoms with Gasteiger partial charge in [-0.05, 0) is 25.2 Å². The van der Waals surface area contributed by atoms with Crippen LogP contribution in [-0.4, -0.2) is 6.10 Å². The molecule has 2 aromatic carbocycles. The highest BCUT2D eigenvalue weighted by Crippen LogP contribution is 2.19. The molecule has 0 amide bonds. The topological polar surface area (TPSA) is 9.23 Å². The van der Waals surface area contributed by atoms with Crippen molar-refractivity contribution < 1.29 is 4.74 Å². The lowest BCUT2D eigenvalue weighted by molar-refractivity contribution is 0.244. The summed E-state index contributed by atoms with van der Waals surface area (Å²) in [5.41, 5.74) is 0. The standard InChI is InChI=1S/C15H17OP/c1-12(2)16-14-10-6-7-11-15(14)17-13-8-4-3-5-9-13/h3-12,17H,1-2H3. The van der Waals surface area contributed by atoms with Crippen LogP contribution < -0.4 is 15.3 Å². The lowest BCUT2D eigenvalue weighted by Crippen LogP contribution is -2.13. The van der Waals surface area contributed by atoms with Gasteiger partial charge in [-0.25, -0.2) is 0 Å². The van der Waals surface area contributed by atoms with Gasteiger partial charge in [0.05, 0.1) is 6.10 Å². The molecule has 0 saturated carbocycles. The van der Waals surface area contributed by atoms with E-state index in [-0.39, 0.29) is 6.10 Å². The van der Waals surface area contributed by atoms with Crippen molar-refractivity contribution in [3.8, 4) is 5.75 Å². The number of ether oxygens (including phenoxy) is 1. The molecule has 1 nitrogen and oxygen atoms in total. The molecule has 0 aliphatic rings. The van der Waals surface area contributed by atoms with Gasteiger partial charge in [-0.15, -0.1) is 0 Å². The van der Waals surface area contributed by atoms with Crippen molar-refractivity contribution in [3.05, 3.63) is 54.6 Å². The summed E-state index contributed by atoms with van der Waals surface area (Å²) in [6, 6.07) is 18.8. The summed E-state index contributed by atoms with van der Waals surface area (Å²) in [5.74, 6) is 1.00. The Morgan fingerprint density at radius 1 is 0.882 bits per heavy atom. The maximum atomic E-state index is 5.82. The van der Waals surface area contributed by atoms with Crippen LogP contribution >= 0.6 is 8.58 Å². The summed E-state index contributed by atoms with van der Waals surface area (Å²) in [4.78, 5) is 0. The van der Waals surface area contributed by atoms with E-state index in [4.69, 9.17) is 4.74 Å². The van der Waals surface area contributed by atoms with Crippen molar-refractivity contribution in [2.24, 2.45) is 0 Å². The molecule has 1 unspecified atom stereocenters. The summed E-state index contributed by atoms with van der Waals surface area (Å²) in [6.45, 7) is 4.12. The van der Waals surface area contributed by atoms with Crippen LogP contribution in [0.25, 0.3) is 0 Å². The van der Waals surface area contributed by atoms with Crippen molar-refractivity contribution in [2.75, 3.05) is 0 Å². The quantitative estimate of drug-likeness (QED) is 0.751. The number of hydrogen-bond donors (Lipinski definition) is 0. The van der Waals surface area contributed by atoms with Gasteiger partial charge >= 0.3 is 0 Å². The Morgan fingerprint density at radius 2 is 1.53 bits per heavy atom. The average molecular weight is 244 g/mol. The van der Waals surface area contributed by atoms with E-state index >= 15 is 0 Å². The number of rotatable bonds is 4. The molecule has 0 heterocycles. The summed E-state index contributed by atoms with van der Waals surface area (Å²) >= 11 is 0. The molecular formula is C15H17OP. The van der Waals surface area contributed by atoms with Crippen LogP contribution in [0.5, 0.6) is 5.75 Å². The molecule has 17 heavy (non-hydrogen) atoms. The zero-order valence-electron chi connectivity index (χ0n) is 10.2. The van der Waals surface area contributed by atoms with E-state index in [0.29, 0.717) is 8.58 Å². The van der Waals surface area contributed by atoms with E-state index in [9.17, 15) is 0 Å². The van der Waals surface area contributed by atoms with Gasteiger partial charge in [0.25, 0.3) is 0 Å². The van der Waals surface area contributed by atoms with E-state index < -0.39 is 0 Å². The molecule has 0 radical (unpaired) electrons. The van der Waals surface area contributed by atoms with E-state index in [1.54, 1.807) is 0 Å². The lowest BCUT2D eigenvalue weighted by Gasteiger charge is -2.14. The van der Waals surface area contributed by atoms with Crippen molar-refractivity contribution in [3.63, 3.8) is 0 Å². The number of hydrogen-bond acceptors (Lipinski definition) is 1. The van der Waals surface area contributed by atoms with Gasteiger partial charge in [-0.1, -0.05) is 57.1 Å². The zero-order valence-corrected chi connectivity index (χ0v) is 11.2. The molecule has 0 N–H and O–H groups in total. The largest absolute Gasteiger partial charge is 0.490 e. The molecule has 0 aromatic heterocycles. The van der Waals surface area contributed by atoms with Crippen LogP contribution in [0, 0.1) is 0 Å². The number of benzene rings is 2. The van der Waals surface area contributed by atoms with Crippen LogP contribution in [0.1, 0.15) is 13.8 Å². The Kier molecular flexibility index (Phi) is 4.17. The van der Waals surface area contributed by atoms with Crippen LogP contribution in [0.4, 0.5) is 0 Å². The molecule has 0 saturated heterocycles. The Hall–Kier alpha value is -1.33. The van der Waals surface area contributed by atoms with Crippen molar-refractivity contribution in [1.82, 2.24) is 0 Å². The molecular weight excluding hydrogens is 227 g/mol. The molecule has 0 aliphatic heterocycles. The van der Waals surface area contributed by atoms with Gasteiger partial charge in [-0.2, -0.15) is 0 Å². The minimum atomic E-state index is 0.219. The lowest BCUT2D eigenvalue weighted by atomic mass is 10.3. The highest BCUT2D eigenvalue weighted by atomic mass is 31.1. The van der Waals surface area contributed by atoms with Gasteiger partial charge in [0, 0.05) is 5.30 Å². The third kappa shape index (κ3) is 3.57. The monoisotopic (exact) mass is 244 g/mol. The first-order chi connectivity index (χ1) is 8.25. The van der Waals surface area contributed by atoms with Crippen LogP contribution in [0.2, 0.25) is 0 Å². The first-order valence-electron chi connectivity index (χ1n) is 5.83. The Labute approximate surface area is 105 Å². The normalized spacial score (nSPS) is 11.2. The second kappa shape index (κ2) is 5.84. The van der Waals surface area contributed by atoms with Gasteiger partial charge < -0.3 is 4.74 Å². The Morgan fingerprint density at radius 3 is 2.24 bits per heavy atom. The highest BCUT2D eigenvalue weighted by Gasteiger charge is 2.05. The van der Waals surface area contributed by atoms with Gasteiger partial charge in [0.2, 0.25) is 0 Å². The molecule has 2 rings (SSSR count). The molecule has 0 aliphatic carbocycles. The van der Waals surface area contributed by atoms with Gasteiger partial charge in [0.15, 0.2) is 0 Å². The molecule has 88 valence electrons. The fraction of sp³-hybridized carbons (Fsp3) is 0.200. The first kappa shape index (κ1) is 12.1. The fourth-order valence-corrected chi connectivity index (χ4v) is 2.72. The second-order valence-electron chi connectivity index (χ2n) is 4.15. The minimum Gasteiger partial charge on any atom is -0.490 e. The van der Waals surface area contributed by atoms with Crippen molar-refractivity contribution in [1.29, 1.82) is 0 Å². The minimum absolute atomic E-state index is 0.219. The molecule has 0 bridgehead atoms. The third-order valence-corrected chi connectivity index (χ3v) is 3.61. The van der Waals surface area contributed by atoms with Gasteiger partial charge in [-0.3, -0.25) is 0 Å². The predicted octanol–water partition coefficient (Wildman–Crippen LogP) is 3.10. The maximum Gasteiger partial charge on any atom is 0.127 e. The molecule has 0 fully saturated rings. The van der Waals surface area contributed by atoms with Crippen molar-refractivity contribution in [2.45, 2.75) is 20.0 Å². The summed E-state index contributed by atoms with van der Waals surface area (Å²) in [6.07, 6.45) is 0.219. The predicted molar refractivity (Wildman–Crippen MR) is 76.2 cm³/mol. The molecule has 2 heteroatoms. The molecule has 1 atom stereocenters. The van der Waals surface area contributed by atoms with Gasteiger partial charge in [0.1, 0.15) is 5.75 Å². The van der Waals surface area contributed by atoms with E-state index in [1.165, 1.54) is 10.6 Å². The fourth-order valence-electron chi connectivity index (χ4n) is 1.60. The molecule has 0 spiro atoms. The Bertz CT molecular complexity index is 465. The van der Waals surface area contributed by atoms with Crippen LogP contribution in [0.3, 0.4) is 0 Å². The van der Waals surface area contributed by atoms with E-state index in [2.05, 4.69) is 50.2 Å². The average Bonchev–Trinajstić information content (AvgIpc) is 2.32. The summed E-state index contributed by atoms with van der Waals surface area (Å²) in [7, 11) is 0.650. The maximum absolute atomic E-state index is 5.82. The molecule has 2 aromatic rings. The number of para-hydroxylation sites is 1. The SMILES string of the molecule is CC(C)Oc1ccccc1Pc1ccccc1. The van der Waals surface area contributed by atoms with Crippen LogP contribution in [0.15, 0.2) is 54.6 Å².